The molecule has 1 aliphatic heterocycles. The molecule has 1 N–H and O–H groups in total. The molecule has 3 aromatic carbocycles. The molecule has 5 rings (SSSR count). The molecule has 1 atom stereocenters. The predicted octanol–water partition coefficient (Wildman–Crippen LogP) is 6.04. The van der Waals surface area contributed by atoms with Gasteiger partial charge < -0.3 is 4.74 Å². The molecule has 0 radical (unpaired) electrons. The number of nitrogens with zero attached hydrogens (tertiary/aromatic N) is 3. The van der Waals surface area contributed by atoms with Crippen molar-refractivity contribution in [1.82, 2.24) is 14.5 Å². The summed E-state index contributed by atoms with van der Waals surface area (Å²) >= 11 is 13.5. The number of halogens is 2. The van der Waals surface area contributed by atoms with E-state index in [-0.39, 0.29) is 0 Å². The maximum absolute atomic E-state index is 6.74. The Bertz CT molecular complexity index is 1290. The van der Waals surface area contributed by atoms with E-state index in [1.165, 1.54) is 10.6 Å². The van der Waals surface area contributed by atoms with Crippen LogP contribution >= 0.6 is 30.8 Å². The summed E-state index contributed by atoms with van der Waals surface area (Å²) in [6.45, 7) is 7.14. The van der Waals surface area contributed by atoms with Crippen molar-refractivity contribution < 1.29 is 4.74 Å². The molecule has 1 saturated heterocycles. The van der Waals surface area contributed by atoms with E-state index in [0.29, 0.717) is 23.3 Å². The fourth-order valence-corrected chi connectivity index (χ4v) is 9.69. The van der Waals surface area contributed by atoms with E-state index in [1.54, 1.807) is 0 Å². The molecular formula is C27H28Cl2N4OP+. The highest BCUT2D eigenvalue weighted by atomic mass is 35.5. The van der Waals surface area contributed by atoms with Gasteiger partial charge in [0.1, 0.15) is 16.7 Å². The summed E-state index contributed by atoms with van der Waals surface area (Å²) in [5.74, 6) is 0. The molecule has 1 aliphatic rings. The van der Waals surface area contributed by atoms with Gasteiger partial charge in [-0.05, 0) is 50.2 Å². The summed E-state index contributed by atoms with van der Waals surface area (Å²) in [5, 5.41) is 12.5. The summed E-state index contributed by atoms with van der Waals surface area (Å²) in [5.41, 5.74) is 3.84. The number of benzene rings is 3. The van der Waals surface area contributed by atoms with Gasteiger partial charge in [0.15, 0.2) is 5.30 Å². The van der Waals surface area contributed by atoms with Crippen molar-refractivity contribution in [1.29, 1.82) is 0 Å². The van der Waals surface area contributed by atoms with Gasteiger partial charge in [0.2, 0.25) is 7.56 Å². The van der Waals surface area contributed by atoms with Gasteiger partial charge in [-0.3, -0.25) is 0 Å². The molecule has 0 amide bonds. The lowest BCUT2D eigenvalue weighted by Gasteiger charge is -2.39. The summed E-state index contributed by atoms with van der Waals surface area (Å²) in [7, 11) is -2.48. The number of hydrogen-bond donors (Lipinski definition) is 1. The average Bonchev–Trinajstić information content (AvgIpc) is 3.20. The molecule has 1 aromatic heterocycles. The monoisotopic (exact) mass is 525 g/mol. The molecule has 1 unspecified atom stereocenters. The van der Waals surface area contributed by atoms with Crippen molar-refractivity contribution in [3.05, 3.63) is 100 Å². The van der Waals surface area contributed by atoms with Crippen LogP contribution in [0.1, 0.15) is 11.4 Å². The lowest BCUT2D eigenvalue weighted by molar-refractivity contribution is 0.0746. The second-order valence-corrected chi connectivity index (χ2v) is 12.4. The van der Waals surface area contributed by atoms with Crippen LogP contribution in [0, 0.1) is 13.8 Å². The third-order valence-corrected chi connectivity index (χ3v) is 11.1. The standard InChI is InChI=1S/C27H28Cl2N4OP/c1-20-27(21(2)33(30-20)22-10-5-3-6-11-22)35(23-12-7-4-8-13-23,32-16-18-34-19-17-32)31-26-24(28)14-9-15-25(26)29/h3-15,31H,16-19H2,1-2H3/q+1. The van der Waals surface area contributed by atoms with Gasteiger partial charge in [0.05, 0.1) is 47.7 Å². The van der Waals surface area contributed by atoms with Gasteiger partial charge in [-0.2, -0.15) is 5.10 Å². The molecule has 35 heavy (non-hydrogen) atoms. The van der Waals surface area contributed by atoms with Crippen LogP contribution in [0.5, 0.6) is 0 Å². The van der Waals surface area contributed by atoms with Crippen molar-refractivity contribution >= 4 is 47.1 Å². The smallest absolute Gasteiger partial charge is 0.242 e. The lowest BCUT2D eigenvalue weighted by atomic mass is 10.3. The zero-order valence-corrected chi connectivity index (χ0v) is 22.2. The van der Waals surface area contributed by atoms with Crippen LogP contribution in [0.3, 0.4) is 0 Å². The van der Waals surface area contributed by atoms with Crippen molar-refractivity contribution in [3.8, 4) is 5.69 Å². The Kier molecular flexibility index (Phi) is 7.15. The number of morpholine rings is 1. The quantitative estimate of drug-likeness (QED) is 0.311. The normalized spacial score (nSPS) is 16.1. The van der Waals surface area contributed by atoms with Crippen LogP contribution in [-0.4, -0.2) is 40.8 Å². The van der Waals surface area contributed by atoms with E-state index in [2.05, 4.69) is 60.0 Å². The van der Waals surface area contributed by atoms with Gasteiger partial charge in [-0.25, -0.2) is 9.77 Å². The average molecular weight is 526 g/mol. The van der Waals surface area contributed by atoms with E-state index >= 15 is 0 Å². The molecule has 0 bridgehead atoms. The Balaban J connectivity index is 1.81. The second-order valence-electron chi connectivity index (χ2n) is 8.51. The summed E-state index contributed by atoms with van der Waals surface area (Å²) < 4.78 is 10.3. The maximum atomic E-state index is 6.74. The topological polar surface area (TPSA) is 42.3 Å². The Labute approximate surface area is 217 Å². The van der Waals surface area contributed by atoms with E-state index in [4.69, 9.17) is 33.0 Å². The molecule has 0 saturated carbocycles. The Morgan fingerprint density at radius 2 is 1.43 bits per heavy atom. The van der Waals surface area contributed by atoms with Crippen LogP contribution in [-0.2, 0) is 4.74 Å². The molecule has 4 aromatic rings. The largest absolute Gasteiger partial charge is 0.378 e. The highest BCUT2D eigenvalue weighted by Gasteiger charge is 2.54. The van der Waals surface area contributed by atoms with E-state index in [0.717, 1.165) is 35.9 Å². The fourth-order valence-electron chi connectivity index (χ4n) is 4.81. The van der Waals surface area contributed by atoms with Crippen LogP contribution < -0.4 is 15.7 Å². The Morgan fingerprint density at radius 3 is 2.06 bits per heavy atom. The first-order valence-electron chi connectivity index (χ1n) is 11.6. The minimum absolute atomic E-state index is 0.594. The van der Waals surface area contributed by atoms with Crippen molar-refractivity contribution in [2.24, 2.45) is 0 Å². The predicted molar refractivity (Wildman–Crippen MR) is 148 cm³/mol. The third kappa shape index (κ3) is 4.48. The Morgan fingerprint density at radius 1 is 0.829 bits per heavy atom. The molecule has 2 heterocycles. The SMILES string of the molecule is Cc1nn(-c2ccccc2)c(C)c1[P+](Nc1c(Cl)cccc1Cl)(c1ccccc1)N1CCOCC1. The van der Waals surface area contributed by atoms with Crippen molar-refractivity contribution in [3.63, 3.8) is 0 Å². The molecule has 8 heteroatoms. The zero-order valence-electron chi connectivity index (χ0n) is 19.8. The first-order chi connectivity index (χ1) is 17.0. The first kappa shape index (κ1) is 24.3. The van der Waals surface area contributed by atoms with Gasteiger partial charge in [0, 0.05) is 0 Å². The maximum Gasteiger partial charge on any atom is 0.242 e. The molecule has 180 valence electrons. The third-order valence-electron chi connectivity index (χ3n) is 6.36. The number of hydrogen-bond acceptors (Lipinski definition) is 4. The van der Waals surface area contributed by atoms with E-state index in [1.807, 2.05) is 47.1 Å². The number of aryl methyl sites for hydroxylation is 1. The number of aromatic nitrogens is 2. The van der Waals surface area contributed by atoms with Crippen LogP contribution in [0.2, 0.25) is 10.0 Å². The van der Waals surface area contributed by atoms with Gasteiger partial charge in [-0.15, -0.1) is 4.67 Å². The summed E-state index contributed by atoms with van der Waals surface area (Å²) in [6, 6.07) is 26.5. The van der Waals surface area contributed by atoms with Gasteiger partial charge >= 0.3 is 0 Å². The van der Waals surface area contributed by atoms with Gasteiger partial charge in [0.25, 0.3) is 0 Å². The van der Waals surface area contributed by atoms with Crippen molar-refractivity contribution in [2.75, 3.05) is 31.4 Å². The number of para-hydroxylation sites is 2. The number of ether oxygens (including phenoxy) is 1. The fraction of sp³-hybridized carbons (Fsp3) is 0.222. The molecule has 5 nitrogen and oxygen atoms in total. The number of nitrogens with one attached hydrogen (secondary N) is 1. The van der Waals surface area contributed by atoms with Crippen molar-refractivity contribution in [2.45, 2.75) is 13.8 Å². The van der Waals surface area contributed by atoms with Crippen LogP contribution in [0.4, 0.5) is 5.69 Å². The lowest BCUT2D eigenvalue weighted by Crippen LogP contribution is -2.47. The first-order valence-corrected chi connectivity index (χ1v) is 14.1. The molecule has 0 spiro atoms. The molecular weight excluding hydrogens is 498 g/mol. The highest BCUT2D eigenvalue weighted by molar-refractivity contribution is 7.88. The molecule has 1 fully saturated rings. The molecule has 0 aliphatic carbocycles. The van der Waals surface area contributed by atoms with Gasteiger partial charge in [-0.1, -0.05) is 65.7 Å². The minimum atomic E-state index is -2.48. The highest BCUT2D eigenvalue weighted by Crippen LogP contribution is 2.61. The van der Waals surface area contributed by atoms with E-state index in [9.17, 15) is 0 Å². The number of anilines is 1. The van der Waals surface area contributed by atoms with E-state index < -0.39 is 7.56 Å². The Hall–Kier alpha value is -2.40. The summed E-state index contributed by atoms with van der Waals surface area (Å²) in [6.07, 6.45) is 0. The minimum Gasteiger partial charge on any atom is -0.378 e. The summed E-state index contributed by atoms with van der Waals surface area (Å²) in [4.78, 5) is 0. The number of rotatable bonds is 6. The zero-order chi connectivity index (χ0) is 24.4. The van der Waals surface area contributed by atoms with Crippen LogP contribution in [0.15, 0.2) is 78.9 Å². The van der Waals surface area contributed by atoms with Crippen LogP contribution in [0.25, 0.3) is 5.69 Å². The second kappa shape index (κ2) is 10.3.